The summed E-state index contributed by atoms with van der Waals surface area (Å²) in [6.07, 6.45) is 2.82. The first kappa shape index (κ1) is 16.3. The van der Waals surface area contributed by atoms with Crippen LogP contribution in [-0.2, 0) is 0 Å². The molecule has 3 rings (SSSR count). The van der Waals surface area contributed by atoms with E-state index in [0.29, 0.717) is 22.6 Å². The summed E-state index contributed by atoms with van der Waals surface area (Å²) in [6.45, 7) is 0. The van der Waals surface area contributed by atoms with Gasteiger partial charge in [0, 0.05) is 23.3 Å². The van der Waals surface area contributed by atoms with E-state index >= 15 is 0 Å². The summed E-state index contributed by atoms with van der Waals surface area (Å²) < 4.78 is 18.4. The van der Waals surface area contributed by atoms with Crippen LogP contribution in [0, 0.1) is 15.9 Å². The van der Waals surface area contributed by atoms with Crippen molar-refractivity contribution in [3.05, 3.63) is 94.0 Å². The number of hydrogen-bond donors (Lipinski definition) is 0. The van der Waals surface area contributed by atoms with Crippen molar-refractivity contribution in [3.8, 4) is 11.3 Å². The highest BCUT2D eigenvalue weighted by atomic mass is 19.1. The van der Waals surface area contributed by atoms with Gasteiger partial charge >= 0.3 is 0 Å². The highest BCUT2D eigenvalue weighted by Crippen LogP contribution is 2.26. The van der Waals surface area contributed by atoms with Crippen LogP contribution in [0.3, 0.4) is 0 Å². The molecule has 0 saturated heterocycles. The van der Waals surface area contributed by atoms with Crippen molar-refractivity contribution in [2.24, 2.45) is 0 Å². The van der Waals surface area contributed by atoms with Gasteiger partial charge in [0.15, 0.2) is 5.78 Å². The number of allylic oxidation sites excluding steroid dienone is 1. The molecule has 1 heterocycles. The third-order valence-corrected chi connectivity index (χ3v) is 3.50. The Morgan fingerprint density at radius 3 is 2.56 bits per heavy atom. The van der Waals surface area contributed by atoms with E-state index in [4.69, 9.17) is 4.42 Å². The number of benzene rings is 2. The molecule has 0 aliphatic carbocycles. The van der Waals surface area contributed by atoms with E-state index in [2.05, 4.69) is 0 Å². The molecule has 2 aromatic carbocycles. The van der Waals surface area contributed by atoms with E-state index < -0.39 is 10.7 Å². The van der Waals surface area contributed by atoms with Gasteiger partial charge < -0.3 is 4.42 Å². The van der Waals surface area contributed by atoms with Crippen LogP contribution in [-0.4, -0.2) is 10.7 Å². The van der Waals surface area contributed by atoms with Crippen LogP contribution in [0.15, 0.2) is 71.2 Å². The average molecular weight is 337 g/mol. The van der Waals surface area contributed by atoms with Gasteiger partial charge in [-0.2, -0.15) is 0 Å². The van der Waals surface area contributed by atoms with Crippen molar-refractivity contribution in [1.29, 1.82) is 0 Å². The molecule has 6 heteroatoms. The molecule has 0 aliphatic rings. The van der Waals surface area contributed by atoms with E-state index in [1.807, 2.05) is 0 Å². The van der Waals surface area contributed by atoms with E-state index in [9.17, 15) is 19.3 Å². The zero-order valence-corrected chi connectivity index (χ0v) is 12.9. The Labute approximate surface area is 142 Å². The van der Waals surface area contributed by atoms with Crippen LogP contribution in [0.1, 0.15) is 16.1 Å². The maximum atomic E-state index is 12.9. The largest absolute Gasteiger partial charge is 0.457 e. The summed E-state index contributed by atoms with van der Waals surface area (Å²) >= 11 is 0. The lowest BCUT2D eigenvalue weighted by molar-refractivity contribution is -0.384. The molecule has 0 N–H and O–H groups in total. The Kier molecular flexibility index (Phi) is 4.52. The second-order valence-corrected chi connectivity index (χ2v) is 5.21. The fourth-order valence-electron chi connectivity index (χ4n) is 2.24. The van der Waals surface area contributed by atoms with E-state index in [-0.39, 0.29) is 11.5 Å². The summed E-state index contributed by atoms with van der Waals surface area (Å²) in [4.78, 5) is 22.3. The lowest BCUT2D eigenvalue weighted by Gasteiger charge is -1.97. The number of ketones is 1. The van der Waals surface area contributed by atoms with Gasteiger partial charge in [0.05, 0.1) is 4.92 Å². The van der Waals surface area contributed by atoms with Gasteiger partial charge in [-0.1, -0.05) is 12.1 Å². The van der Waals surface area contributed by atoms with Crippen molar-refractivity contribution in [2.45, 2.75) is 0 Å². The van der Waals surface area contributed by atoms with Gasteiger partial charge in [-0.3, -0.25) is 14.9 Å². The predicted molar refractivity (Wildman–Crippen MR) is 90.6 cm³/mol. The Balaban J connectivity index is 1.77. The van der Waals surface area contributed by atoms with Gasteiger partial charge in [0.1, 0.15) is 17.3 Å². The van der Waals surface area contributed by atoms with Gasteiger partial charge in [-0.25, -0.2) is 4.39 Å². The summed E-state index contributed by atoms with van der Waals surface area (Å²) in [5, 5.41) is 10.8. The number of carbonyl (C=O) groups is 1. The third kappa shape index (κ3) is 3.87. The zero-order chi connectivity index (χ0) is 17.8. The first-order valence-electron chi connectivity index (χ1n) is 7.35. The number of hydrogen-bond acceptors (Lipinski definition) is 4. The van der Waals surface area contributed by atoms with Crippen LogP contribution in [0.5, 0.6) is 0 Å². The molecule has 3 aromatic rings. The fourth-order valence-corrected chi connectivity index (χ4v) is 2.24. The van der Waals surface area contributed by atoms with Gasteiger partial charge in [-0.15, -0.1) is 0 Å². The number of furan rings is 1. The molecule has 0 bridgehead atoms. The number of non-ortho nitro benzene ring substituents is 1. The molecule has 0 unspecified atom stereocenters. The minimum absolute atomic E-state index is 0.0301. The smallest absolute Gasteiger partial charge is 0.270 e. The molecule has 1 aromatic heterocycles. The summed E-state index contributed by atoms with van der Waals surface area (Å²) in [5.74, 6) is 0.191. The topological polar surface area (TPSA) is 73.3 Å². The molecule has 0 amide bonds. The highest BCUT2D eigenvalue weighted by Gasteiger charge is 2.10. The Morgan fingerprint density at radius 1 is 1.08 bits per heavy atom. The second kappa shape index (κ2) is 6.92. The van der Waals surface area contributed by atoms with Crippen LogP contribution in [0.2, 0.25) is 0 Å². The number of halogens is 1. The fraction of sp³-hybridized carbons (Fsp3) is 0. The molecule has 0 spiro atoms. The number of carbonyl (C=O) groups excluding carboxylic acids is 1. The molecular weight excluding hydrogens is 325 g/mol. The molecule has 0 aliphatic heterocycles. The van der Waals surface area contributed by atoms with Crippen molar-refractivity contribution in [2.75, 3.05) is 0 Å². The van der Waals surface area contributed by atoms with Crippen LogP contribution in [0.4, 0.5) is 10.1 Å². The minimum Gasteiger partial charge on any atom is -0.457 e. The van der Waals surface area contributed by atoms with Crippen molar-refractivity contribution in [1.82, 2.24) is 0 Å². The Morgan fingerprint density at radius 2 is 1.84 bits per heavy atom. The summed E-state index contributed by atoms with van der Waals surface area (Å²) in [7, 11) is 0. The van der Waals surface area contributed by atoms with Crippen molar-refractivity contribution < 1.29 is 18.5 Å². The number of nitro groups is 1. The molecular formula is C19H12FNO4. The number of rotatable bonds is 5. The lowest BCUT2D eigenvalue weighted by atomic mass is 10.1. The standard InChI is InChI=1S/C19H12FNO4/c20-15-6-4-13(5-7-15)18(22)10-8-17-9-11-19(25-17)14-2-1-3-16(12-14)21(23)24/h1-12H/b10-8+. The Hall–Kier alpha value is -3.54. The van der Waals surface area contributed by atoms with E-state index in [0.717, 1.165) is 0 Å². The predicted octanol–water partition coefficient (Wildman–Crippen LogP) is 4.89. The van der Waals surface area contributed by atoms with Crippen molar-refractivity contribution in [3.63, 3.8) is 0 Å². The average Bonchev–Trinajstić information content (AvgIpc) is 3.09. The molecule has 0 fully saturated rings. The lowest BCUT2D eigenvalue weighted by Crippen LogP contribution is -1.93. The molecule has 0 radical (unpaired) electrons. The van der Waals surface area contributed by atoms with Crippen molar-refractivity contribution >= 4 is 17.5 Å². The van der Waals surface area contributed by atoms with Gasteiger partial charge in [0.2, 0.25) is 0 Å². The summed E-state index contributed by atoms with van der Waals surface area (Å²) in [6, 6.07) is 14.6. The summed E-state index contributed by atoms with van der Waals surface area (Å²) in [5.41, 5.74) is 0.902. The van der Waals surface area contributed by atoms with Gasteiger partial charge in [-0.05, 0) is 48.6 Å². The molecule has 0 atom stereocenters. The maximum Gasteiger partial charge on any atom is 0.270 e. The molecule has 124 valence electrons. The normalized spacial score (nSPS) is 10.9. The monoisotopic (exact) mass is 337 g/mol. The van der Waals surface area contributed by atoms with Crippen LogP contribution >= 0.6 is 0 Å². The van der Waals surface area contributed by atoms with Crippen LogP contribution in [0.25, 0.3) is 17.4 Å². The third-order valence-electron chi connectivity index (χ3n) is 3.50. The highest BCUT2D eigenvalue weighted by molar-refractivity contribution is 6.06. The SMILES string of the molecule is O=C(/C=C/c1ccc(-c2cccc([N+](=O)[O-])c2)o1)c1ccc(F)cc1. The zero-order valence-electron chi connectivity index (χ0n) is 12.9. The first-order valence-corrected chi connectivity index (χ1v) is 7.35. The first-order chi connectivity index (χ1) is 12.0. The molecule has 5 nitrogen and oxygen atoms in total. The van der Waals surface area contributed by atoms with E-state index in [1.54, 1.807) is 24.3 Å². The number of nitrogens with zero attached hydrogens (tertiary/aromatic N) is 1. The Bertz CT molecular complexity index is 958. The van der Waals surface area contributed by atoms with E-state index in [1.165, 1.54) is 48.6 Å². The molecule has 25 heavy (non-hydrogen) atoms. The van der Waals surface area contributed by atoms with Crippen LogP contribution < -0.4 is 0 Å². The quantitative estimate of drug-likeness (QED) is 0.287. The minimum atomic E-state index is -0.478. The molecule has 0 saturated carbocycles. The number of nitro benzene ring substituents is 1. The maximum absolute atomic E-state index is 12.9. The van der Waals surface area contributed by atoms with Gasteiger partial charge in [0.25, 0.3) is 5.69 Å². The second-order valence-electron chi connectivity index (χ2n) is 5.21.